The number of ether oxygens (including phenoxy) is 1. The second kappa shape index (κ2) is 3.59. The van der Waals surface area contributed by atoms with E-state index in [1.54, 1.807) is 13.2 Å². The first-order valence-electron chi connectivity index (χ1n) is 2.98. The van der Waals surface area contributed by atoms with Crippen molar-refractivity contribution in [3.05, 3.63) is 34.9 Å². The van der Waals surface area contributed by atoms with Gasteiger partial charge in [-0.2, -0.15) is 0 Å². The molecule has 0 amide bonds. The van der Waals surface area contributed by atoms with Gasteiger partial charge < -0.3 is 4.74 Å². The third kappa shape index (κ3) is 2.01. The molecule has 0 bridgehead atoms. The Kier molecular flexibility index (Phi) is 2.72. The highest BCUT2D eigenvalue weighted by Gasteiger charge is 1.91. The van der Waals surface area contributed by atoms with Gasteiger partial charge in [0.1, 0.15) is 0 Å². The van der Waals surface area contributed by atoms with Gasteiger partial charge in [-0.1, -0.05) is 23.7 Å². The Morgan fingerprint density at radius 3 is 3.00 bits per heavy atom. The maximum absolute atomic E-state index is 5.67. The van der Waals surface area contributed by atoms with Gasteiger partial charge in [0.05, 0.1) is 6.61 Å². The maximum Gasteiger partial charge on any atom is 0.0719 e. The lowest BCUT2D eigenvalue weighted by atomic mass is 10.2. The zero-order valence-corrected chi connectivity index (χ0v) is 6.48. The highest BCUT2D eigenvalue weighted by molar-refractivity contribution is 6.30. The Labute approximate surface area is 65.6 Å². The quantitative estimate of drug-likeness (QED) is 0.637. The van der Waals surface area contributed by atoms with Crippen LogP contribution in [0.5, 0.6) is 0 Å². The SMILES string of the molecule is COCc1[c]c(Cl)ccc1. The Morgan fingerprint density at radius 2 is 2.40 bits per heavy atom. The first kappa shape index (κ1) is 7.58. The summed E-state index contributed by atoms with van der Waals surface area (Å²) in [6, 6.07) is 8.55. The van der Waals surface area contributed by atoms with E-state index in [2.05, 4.69) is 6.07 Å². The van der Waals surface area contributed by atoms with Crippen molar-refractivity contribution in [3.8, 4) is 0 Å². The van der Waals surface area contributed by atoms with Crippen molar-refractivity contribution >= 4 is 11.6 Å². The molecule has 1 nitrogen and oxygen atoms in total. The first-order valence-corrected chi connectivity index (χ1v) is 3.36. The van der Waals surface area contributed by atoms with E-state index >= 15 is 0 Å². The lowest BCUT2D eigenvalue weighted by Gasteiger charge is -1.97. The molecule has 0 heterocycles. The molecule has 0 aromatic heterocycles. The smallest absolute Gasteiger partial charge is 0.0719 e. The molecule has 1 rings (SSSR count). The molecule has 0 saturated carbocycles. The molecule has 10 heavy (non-hydrogen) atoms. The molecule has 0 spiro atoms. The minimum atomic E-state index is 0.570. The minimum absolute atomic E-state index is 0.570. The summed E-state index contributed by atoms with van der Waals surface area (Å²) in [5, 5.41) is 0.634. The third-order valence-corrected chi connectivity index (χ3v) is 1.34. The average Bonchev–Trinajstić information content (AvgIpc) is 1.88. The zero-order valence-electron chi connectivity index (χ0n) is 5.73. The Morgan fingerprint density at radius 1 is 1.60 bits per heavy atom. The van der Waals surface area contributed by atoms with Crippen LogP contribution >= 0.6 is 11.6 Å². The van der Waals surface area contributed by atoms with Crippen molar-refractivity contribution in [2.24, 2.45) is 0 Å². The third-order valence-electron chi connectivity index (χ3n) is 1.12. The standard InChI is InChI=1S/C8H8ClO/c1-10-6-7-3-2-4-8(9)5-7/h2-4H,6H2,1H3. The number of rotatable bonds is 2. The van der Waals surface area contributed by atoms with Crippen molar-refractivity contribution < 1.29 is 4.74 Å². The fourth-order valence-corrected chi connectivity index (χ4v) is 0.919. The number of halogens is 1. The second-order valence-corrected chi connectivity index (χ2v) is 2.36. The average molecular weight is 156 g/mol. The number of hydrogen-bond acceptors (Lipinski definition) is 1. The van der Waals surface area contributed by atoms with E-state index in [-0.39, 0.29) is 0 Å². The molecule has 0 N–H and O–H groups in total. The molecule has 0 aliphatic heterocycles. The Balaban J connectivity index is 2.75. The molecule has 0 saturated heterocycles. The lowest BCUT2D eigenvalue weighted by molar-refractivity contribution is 0.184. The summed E-state index contributed by atoms with van der Waals surface area (Å²) in [5.74, 6) is 0. The van der Waals surface area contributed by atoms with Crippen LogP contribution in [0, 0.1) is 6.07 Å². The van der Waals surface area contributed by atoms with Gasteiger partial charge in [0.25, 0.3) is 0 Å². The summed E-state index contributed by atoms with van der Waals surface area (Å²) in [5.41, 5.74) is 0.981. The van der Waals surface area contributed by atoms with Crippen molar-refractivity contribution in [1.29, 1.82) is 0 Å². The predicted octanol–water partition coefficient (Wildman–Crippen LogP) is 2.29. The van der Waals surface area contributed by atoms with Crippen LogP contribution in [0.2, 0.25) is 5.02 Å². The van der Waals surface area contributed by atoms with E-state index in [1.807, 2.05) is 12.1 Å². The molecule has 1 aromatic carbocycles. The molecule has 1 aromatic rings. The van der Waals surface area contributed by atoms with Gasteiger partial charge in [0.2, 0.25) is 0 Å². The van der Waals surface area contributed by atoms with Crippen LogP contribution < -0.4 is 0 Å². The summed E-state index contributed by atoms with van der Waals surface area (Å²) in [6.07, 6.45) is 0. The molecule has 0 aliphatic rings. The van der Waals surface area contributed by atoms with Gasteiger partial charge >= 0.3 is 0 Å². The fraction of sp³-hybridized carbons (Fsp3) is 0.250. The number of benzene rings is 1. The van der Waals surface area contributed by atoms with E-state index in [9.17, 15) is 0 Å². The van der Waals surface area contributed by atoms with Crippen LogP contribution in [0.15, 0.2) is 18.2 Å². The Bertz CT molecular complexity index is 210. The summed E-state index contributed by atoms with van der Waals surface area (Å²) in [4.78, 5) is 0. The van der Waals surface area contributed by atoms with Gasteiger partial charge in [-0.25, -0.2) is 0 Å². The van der Waals surface area contributed by atoms with Crippen LogP contribution in [0.1, 0.15) is 5.56 Å². The molecule has 2 heteroatoms. The van der Waals surface area contributed by atoms with Crippen LogP contribution in [0.3, 0.4) is 0 Å². The van der Waals surface area contributed by atoms with E-state index in [1.165, 1.54) is 0 Å². The van der Waals surface area contributed by atoms with Crippen LogP contribution in [-0.2, 0) is 11.3 Å². The van der Waals surface area contributed by atoms with E-state index < -0.39 is 0 Å². The topological polar surface area (TPSA) is 9.23 Å². The normalized spacial score (nSPS) is 9.80. The zero-order chi connectivity index (χ0) is 7.40. The summed E-state index contributed by atoms with van der Waals surface area (Å²) in [6.45, 7) is 0.570. The van der Waals surface area contributed by atoms with Gasteiger partial charge in [0, 0.05) is 18.2 Å². The van der Waals surface area contributed by atoms with Gasteiger partial charge in [-0.15, -0.1) is 0 Å². The van der Waals surface area contributed by atoms with Crippen LogP contribution in [0.25, 0.3) is 0 Å². The van der Waals surface area contributed by atoms with E-state index in [4.69, 9.17) is 16.3 Å². The summed E-state index contributed by atoms with van der Waals surface area (Å²) in [7, 11) is 1.65. The first-order chi connectivity index (χ1) is 4.83. The molecule has 0 aliphatic carbocycles. The molecule has 0 atom stereocenters. The van der Waals surface area contributed by atoms with Gasteiger partial charge in [-0.05, 0) is 11.6 Å². The fourth-order valence-electron chi connectivity index (χ4n) is 0.725. The highest BCUT2D eigenvalue weighted by atomic mass is 35.5. The van der Waals surface area contributed by atoms with Crippen molar-refractivity contribution in [1.82, 2.24) is 0 Å². The van der Waals surface area contributed by atoms with Crippen LogP contribution in [-0.4, -0.2) is 7.11 Å². The predicted molar refractivity (Wildman–Crippen MR) is 41.0 cm³/mol. The lowest BCUT2D eigenvalue weighted by Crippen LogP contribution is -1.85. The van der Waals surface area contributed by atoms with E-state index in [0.717, 1.165) is 5.56 Å². The van der Waals surface area contributed by atoms with Crippen LogP contribution in [0.4, 0.5) is 0 Å². The number of hydrogen-bond donors (Lipinski definition) is 0. The molecule has 0 fully saturated rings. The highest BCUT2D eigenvalue weighted by Crippen LogP contribution is 2.09. The molecule has 0 unspecified atom stereocenters. The molecule has 1 radical (unpaired) electrons. The van der Waals surface area contributed by atoms with Gasteiger partial charge in [-0.3, -0.25) is 0 Å². The number of methoxy groups -OCH3 is 1. The second-order valence-electron chi connectivity index (χ2n) is 1.96. The van der Waals surface area contributed by atoms with Crippen molar-refractivity contribution in [2.75, 3.05) is 7.11 Å². The molecule has 53 valence electrons. The minimum Gasteiger partial charge on any atom is -0.380 e. The summed E-state index contributed by atoms with van der Waals surface area (Å²) < 4.78 is 4.89. The maximum atomic E-state index is 5.67. The molecular weight excluding hydrogens is 148 g/mol. The largest absolute Gasteiger partial charge is 0.380 e. The van der Waals surface area contributed by atoms with Crippen molar-refractivity contribution in [2.45, 2.75) is 6.61 Å². The van der Waals surface area contributed by atoms with Gasteiger partial charge in [0.15, 0.2) is 0 Å². The van der Waals surface area contributed by atoms with E-state index in [0.29, 0.717) is 11.6 Å². The molecular formula is C8H8ClO. The monoisotopic (exact) mass is 155 g/mol. The summed E-state index contributed by atoms with van der Waals surface area (Å²) >= 11 is 5.67. The van der Waals surface area contributed by atoms with Crippen molar-refractivity contribution in [3.63, 3.8) is 0 Å². The Hall–Kier alpha value is -0.530.